The first kappa shape index (κ1) is 12.6. The van der Waals surface area contributed by atoms with Crippen molar-refractivity contribution in [1.82, 2.24) is 5.43 Å². The summed E-state index contributed by atoms with van der Waals surface area (Å²) >= 11 is 0. The Kier molecular flexibility index (Phi) is 3.78. The van der Waals surface area contributed by atoms with Crippen LogP contribution in [0.3, 0.4) is 0 Å². The molecule has 0 fully saturated rings. The normalized spacial score (nSPS) is 10.5. The highest BCUT2D eigenvalue weighted by Gasteiger charge is 2.03. The molecule has 1 amide bonds. The second kappa shape index (κ2) is 5.68. The second-order valence-electron chi connectivity index (χ2n) is 3.88. The van der Waals surface area contributed by atoms with E-state index in [0.29, 0.717) is 16.8 Å². The predicted molar refractivity (Wildman–Crippen MR) is 74.0 cm³/mol. The Morgan fingerprint density at radius 2 is 1.84 bits per heavy atom. The van der Waals surface area contributed by atoms with Gasteiger partial charge in [-0.25, -0.2) is 5.43 Å². The number of hydrazone groups is 1. The molecule has 0 heterocycles. The van der Waals surface area contributed by atoms with E-state index in [1.54, 1.807) is 48.5 Å². The molecule has 0 saturated heterocycles. The Morgan fingerprint density at radius 1 is 1.16 bits per heavy atom. The number of nitrogens with zero attached hydrogens (tertiary/aromatic N) is 1. The first-order valence-corrected chi connectivity index (χ1v) is 5.64. The van der Waals surface area contributed by atoms with Gasteiger partial charge >= 0.3 is 0 Å². The van der Waals surface area contributed by atoms with E-state index in [9.17, 15) is 9.90 Å². The van der Waals surface area contributed by atoms with Crippen LogP contribution in [-0.2, 0) is 0 Å². The quantitative estimate of drug-likeness (QED) is 0.443. The summed E-state index contributed by atoms with van der Waals surface area (Å²) in [5, 5.41) is 13.3. The lowest BCUT2D eigenvalue weighted by Crippen LogP contribution is -2.17. The molecule has 0 aliphatic heterocycles. The number of phenolic OH excluding ortho intramolecular Hbond substituents is 1. The summed E-state index contributed by atoms with van der Waals surface area (Å²) in [4.78, 5) is 11.7. The number of amides is 1. The van der Waals surface area contributed by atoms with Crippen molar-refractivity contribution in [3.8, 4) is 5.75 Å². The molecule has 0 unspecified atom stereocenters. The Hall–Kier alpha value is -2.82. The molecule has 5 nitrogen and oxygen atoms in total. The molecule has 0 spiro atoms. The zero-order valence-electron chi connectivity index (χ0n) is 10.1. The summed E-state index contributed by atoms with van der Waals surface area (Å²) in [6.45, 7) is 0. The molecule has 4 N–H and O–H groups in total. The molecule has 2 aromatic rings. The predicted octanol–water partition coefficient (Wildman–Crippen LogP) is 1.74. The molecule has 0 aliphatic rings. The second-order valence-corrected chi connectivity index (χ2v) is 3.88. The number of hydrogen-bond donors (Lipinski definition) is 3. The minimum absolute atomic E-state index is 0.105. The van der Waals surface area contributed by atoms with E-state index < -0.39 is 0 Å². The van der Waals surface area contributed by atoms with Crippen LogP contribution in [0.15, 0.2) is 53.6 Å². The lowest BCUT2D eigenvalue weighted by Gasteiger charge is -2.00. The Bertz CT molecular complexity index is 606. The van der Waals surface area contributed by atoms with Gasteiger partial charge in [0.15, 0.2) is 0 Å². The number of para-hydroxylation sites is 1. The Balaban J connectivity index is 2.01. The van der Waals surface area contributed by atoms with E-state index in [0.717, 1.165) is 0 Å². The zero-order chi connectivity index (χ0) is 13.7. The number of anilines is 1. The molecule has 0 bridgehead atoms. The third kappa shape index (κ3) is 3.32. The number of rotatable bonds is 3. The number of carbonyl (C=O) groups excluding carboxylic acids is 1. The van der Waals surface area contributed by atoms with Crippen LogP contribution in [0.4, 0.5) is 5.69 Å². The first-order chi connectivity index (χ1) is 9.16. The summed E-state index contributed by atoms with van der Waals surface area (Å²) in [7, 11) is 0. The summed E-state index contributed by atoms with van der Waals surface area (Å²) in [5.74, 6) is -0.236. The third-order valence-corrected chi connectivity index (χ3v) is 2.48. The van der Waals surface area contributed by atoms with Crippen LogP contribution in [0.25, 0.3) is 0 Å². The van der Waals surface area contributed by atoms with Crippen molar-refractivity contribution in [1.29, 1.82) is 0 Å². The maximum absolute atomic E-state index is 11.7. The highest BCUT2D eigenvalue weighted by atomic mass is 16.3. The maximum atomic E-state index is 11.7. The van der Waals surface area contributed by atoms with Gasteiger partial charge in [0, 0.05) is 16.8 Å². The molecule has 0 aliphatic carbocycles. The van der Waals surface area contributed by atoms with Crippen molar-refractivity contribution in [3.05, 3.63) is 59.7 Å². The Morgan fingerprint density at radius 3 is 2.53 bits per heavy atom. The van der Waals surface area contributed by atoms with Crippen LogP contribution in [-0.4, -0.2) is 17.2 Å². The van der Waals surface area contributed by atoms with Crippen molar-refractivity contribution >= 4 is 17.8 Å². The number of nitrogens with two attached hydrogens (primary N) is 1. The topological polar surface area (TPSA) is 87.7 Å². The van der Waals surface area contributed by atoms with Gasteiger partial charge in [-0.3, -0.25) is 4.79 Å². The zero-order valence-corrected chi connectivity index (χ0v) is 10.1. The number of hydrogen-bond acceptors (Lipinski definition) is 4. The van der Waals surface area contributed by atoms with Gasteiger partial charge < -0.3 is 10.8 Å². The molecule has 2 aromatic carbocycles. The number of aromatic hydroxyl groups is 1. The largest absolute Gasteiger partial charge is 0.507 e. The molecule has 0 saturated carbocycles. The molecule has 5 heteroatoms. The first-order valence-electron chi connectivity index (χ1n) is 5.64. The highest BCUT2D eigenvalue weighted by Crippen LogP contribution is 2.12. The fourth-order valence-corrected chi connectivity index (χ4v) is 1.46. The van der Waals surface area contributed by atoms with Gasteiger partial charge in [0.05, 0.1) is 6.21 Å². The van der Waals surface area contributed by atoms with Gasteiger partial charge in [0.25, 0.3) is 5.91 Å². The van der Waals surface area contributed by atoms with Crippen LogP contribution < -0.4 is 11.2 Å². The van der Waals surface area contributed by atoms with Crippen LogP contribution >= 0.6 is 0 Å². The Labute approximate surface area is 110 Å². The summed E-state index contributed by atoms with van der Waals surface area (Å²) in [6, 6.07) is 13.2. The van der Waals surface area contributed by atoms with E-state index in [1.807, 2.05) is 0 Å². The van der Waals surface area contributed by atoms with E-state index >= 15 is 0 Å². The monoisotopic (exact) mass is 255 g/mol. The van der Waals surface area contributed by atoms with Crippen molar-refractivity contribution < 1.29 is 9.90 Å². The summed E-state index contributed by atoms with van der Waals surface area (Å²) < 4.78 is 0. The number of carbonyl (C=O) groups is 1. The van der Waals surface area contributed by atoms with Crippen molar-refractivity contribution in [3.63, 3.8) is 0 Å². The summed E-state index contributed by atoms with van der Waals surface area (Å²) in [5.41, 5.74) is 9.48. The molecule has 0 aromatic heterocycles. The van der Waals surface area contributed by atoms with E-state index in [-0.39, 0.29) is 11.7 Å². The van der Waals surface area contributed by atoms with E-state index in [2.05, 4.69) is 10.5 Å². The molecule has 0 atom stereocenters. The van der Waals surface area contributed by atoms with Crippen LogP contribution in [0, 0.1) is 0 Å². The van der Waals surface area contributed by atoms with Crippen molar-refractivity contribution in [2.75, 3.05) is 5.73 Å². The van der Waals surface area contributed by atoms with E-state index in [4.69, 9.17) is 5.73 Å². The van der Waals surface area contributed by atoms with Crippen LogP contribution in [0.5, 0.6) is 5.75 Å². The van der Waals surface area contributed by atoms with Gasteiger partial charge in [-0.15, -0.1) is 0 Å². The van der Waals surface area contributed by atoms with Crippen LogP contribution in [0.1, 0.15) is 15.9 Å². The average molecular weight is 255 g/mol. The van der Waals surface area contributed by atoms with Gasteiger partial charge in [-0.2, -0.15) is 5.10 Å². The average Bonchev–Trinajstić information content (AvgIpc) is 2.41. The summed E-state index contributed by atoms with van der Waals surface area (Å²) in [6.07, 6.45) is 1.38. The number of phenols is 1. The SMILES string of the molecule is Nc1ccc(C(=O)N/N=C\c2ccccc2O)cc1. The highest BCUT2D eigenvalue weighted by molar-refractivity contribution is 5.95. The van der Waals surface area contributed by atoms with Gasteiger partial charge in [-0.05, 0) is 36.4 Å². The van der Waals surface area contributed by atoms with Crippen LogP contribution in [0.2, 0.25) is 0 Å². The third-order valence-electron chi connectivity index (χ3n) is 2.48. The molecule has 19 heavy (non-hydrogen) atoms. The molecule has 96 valence electrons. The van der Waals surface area contributed by atoms with Crippen molar-refractivity contribution in [2.45, 2.75) is 0 Å². The minimum Gasteiger partial charge on any atom is -0.507 e. The molecular weight excluding hydrogens is 242 g/mol. The lowest BCUT2D eigenvalue weighted by molar-refractivity contribution is 0.0955. The molecule has 0 radical (unpaired) electrons. The maximum Gasteiger partial charge on any atom is 0.271 e. The van der Waals surface area contributed by atoms with Gasteiger partial charge in [0.1, 0.15) is 5.75 Å². The standard InChI is InChI=1S/C14H13N3O2/c15-12-7-5-10(6-8-12)14(19)17-16-9-11-3-1-2-4-13(11)18/h1-9,18H,15H2,(H,17,19)/b16-9-. The lowest BCUT2D eigenvalue weighted by atomic mass is 10.2. The minimum atomic E-state index is -0.341. The van der Waals surface area contributed by atoms with E-state index in [1.165, 1.54) is 6.21 Å². The smallest absolute Gasteiger partial charge is 0.271 e. The molecule has 2 rings (SSSR count). The fraction of sp³-hybridized carbons (Fsp3) is 0. The fourth-order valence-electron chi connectivity index (χ4n) is 1.46. The van der Waals surface area contributed by atoms with Gasteiger partial charge in [-0.1, -0.05) is 12.1 Å². The number of benzene rings is 2. The van der Waals surface area contributed by atoms with Gasteiger partial charge in [0.2, 0.25) is 0 Å². The number of nitrogen functional groups attached to an aromatic ring is 1. The number of nitrogens with one attached hydrogen (secondary N) is 1. The van der Waals surface area contributed by atoms with Crippen molar-refractivity contribution in [2.24, 2.45) is 5.10 Å². The molecular formula is C14H13N3O2.